The van der Waals surface area contributed by atoms with E-state index in [4.69, 9.17) is 0 Å². The van der Waals surface area contributed by atoms with Crippen LogP contribution in [-0.4, -0.2) is 14.9 Å². The summed E-state index contributed by atoms with van der Waals surface area (Å²) in [5.41, 5.74) is 1.79. The highest BCUT2D eigenvalue weighted by Gasteiger charge is 2.11. The average Bonchev–Trinajstić information content (AvgIpc) is 2.77. The molecule has 1 aromatic heterocycles. The van der Waals surface area contributed by atoms with Crippen LogP contribution >= 0.6 is 0 Å². The van der Waals surface area contributed by atoms with E-state index in [1.165, 1.54) is 6.07 Å². The van der Waals surface area contributed by atoms with Gasteiger partial charge in [0.05, 0.1) is 18.0 Å². The van der Waals surface area contributed by atoms with Crippen LogP contribution in [0.15, 0.2) is 30.5 Å². The highest BCUT2D eigenvalue weighted by atomic mass is 19.1. The van der Waals surface area contributed by atoms with Crippen molar-refractivity contribution in [2.75, 3.05) is 0 Å². The molecule has 2 rings (SSSR count). The maximum absolute atomic E-state index is 13.5. The summed E-state index contributed by atoms with van der Waals surface area (Å²) in [5.74, 6) is -0.0889. The fraction of sp³-hybridized carbons (Fsp3) is 0.308. The quantitative estimate of drug-likeness (QED) is 0.886. The van der Waals surface area contributed by atoms with E-state index < -0.39 is 5.82 Å². The van der Waals surface area contributed by atoms with Crippen molar-refractivity contribution in [3.63, 3.8) is 0 Å². The van der Waals surface area contributed by atoms with Crippen LogP contribution in [0.4, 0.5) is 4.39 Å². The number of nitrogens with zero attached hydrogens (tertiary/aromatic N) is 2. The van der Waals surface area contributed by atoms with Crippen molar-refractivity contribution in [2.45, 2.75) is 26.4 Å². The Balaban J connectivity index is 2.48. The number of halogens is 1. The van der Waals surface area contributed by atoms with Gasteiger partial charge in [-0.2, -0.15) is 5.10 Å². The van der Waals surface area contributed by atoms with E-state index in [9.17, 15) is 9.50 Å². The lowest BCUT2D eigenvalue weighted by Gasteiger charge is -2.08. The zero-order chi connectivity index (χ0) is 12.4. The first-order valence-corrected chi connectivity index (χ1v) is 5.57. The summed E-state index contributed by atoms with van der Waals surface area (Å²) in [7, 11) is 0. The number of rotatable bonds is 3. The Labute approximate surface area is 99.5 Å². The van der Waals surface area contributed by atoms with Crippen molar-refractivity contribution in [2.24, 2.45) is 0 Å². The van der Waals surface area contributed by atoms with Crippen LogP contribution in [0.3, 0.4) is 0 Å². The summed E-state index contributed by atoms with van der Waals surface area (Å²) in [4.78, 5) is 0. The fourth-order valence-electron chi connectivity index (χ4n) is 1.70. The van der Waals surface area contributed by atoms with E-state index in [1.54, 1.807) is 23.0 Å². The van der Waals surface area contributed by atoms with Crippen LogP contribution in [0.2, 0.25) is 0 Å². The van der Waals surface area contributed by atoms with Crippen molar-refractivity contribution in [3.05, 3.63) is 47.5 Å². The molecule has 0 fully saturated rings. The molecule has 90 valence electrons. The second-order valence-corrected chi connectivity index (χ2v) is 4.24. The largest absolute Gasteiger partial charge is 0.391 e. The molecule has 0 aliphatic heterocycles. The minimum atomic E-state index is -0.411. The number of aromatic nitrogens is 2. The summed E-state index contributed by atoms with van der Waals surface area (Å²) in [6.07, 6.45) is 1.78. The van der Waals surface area contributed by atoms with Crippen LogP contribution in [0, 0.1) is 5.82 Å². The molecule has 17 heavy (non-hydrogen) atoms. The standard InChI is InChI=1S/C13H15FN2O/c1-9(2)12-6-7-16(15-12)13-5-3-4-11(14)10(13)8-17/h3-7,9,17H,8H2,1-2H3. The topological polar surface area (TPSA) is 38.0 Å². The molecule has 0 aliphatic rings. The number of hydrogen-bond acceptors (Lipinski definition) is 2. The van der Waals surface area contributed by atoms with Gasteiger partial charge in [0.25, 0.3) is 0 Å². The van der Waals surface area contributed by atoms with Crippen molar-refractivity contribution in [1.29, 1.82) is 0 Å². The van der Waals surface area contributed by atoms with E-state index in [-0.39, 0.29) is 12.2 Å². The van der Waals surface area contributed by atoms with E-state index in [0.29, 0.717) is 11.6 Å². The summed E-state index contributed by atoms with van der Waals surface area (Å²) in [5, 5.41) is 13.6. The Bertz CT molecular complexity index is 520. The van der Waals surface area contributed by atoms with Crippen molar-refractivity contribution in [3.8, 4) is 5.69 Å². The van der Waals surface area contributed by atoms with Crippen LogP contribution in [0.1, 0.15) is 31.0 Å². The molecule has 0 saturated heterocycles. The van der Waals surface area contributed by atoms with Gasteiger partial charge >= 0.3 is 0 Å². The minimum Gasteiger partial charge on any atom is -0.391 e. The lowest BCUT2D eigenvalue weighted by molar-refractivity contribution is 0.275. The molecule has 0 atom stereocenters. The monoisotopic (exact) mass is 234 g/mol. The molecule has 0 aliphatic carbocycles. The van der Waals surface area contributed by atoms with Crippen LogP contribution < -0.4 is 0 Å². The van der Waals surface area contributed by atoms with E-state index in [2.05, 4.69) is 5.10 Å². The molecule has 2 aromatic rings. The molecule has 0 saturated carbocycles. The van der Waals surface area contributed by atoms with Gasteiger partial charge in [-0.3, -0.25) is 0 Å². The van der Waals surface area contributed by atoms with E-state index in [0.717, 1.165) is 5.69 Å². The van der Waals surface area contributed by atoms with Gasteiger partial charge in [0.2, 0.25) is 0 Å². The first-order chi connectivity index (χ1) is 8.13. The lowest BCUT2D eigenvalue weighted by Crippen LogP contribution is -2.03. The Morgan fingerprint density at radius 2 is 2.12 bits per heavy atom. The van der Waals surface area contributed by atoms with Gasteiger partial charge in [-0.1, -0.05) is 19.9 Å². The molecule has 0 radical (unpaired) electrons. The van der Waals surface area contributed by atoms with Crippen LogP contribution in [0.5, 0.6) is 0 Å². The third-order valence-electron chi connectivity index (χ3n) is 2.70. The van der Waals surface area contributed by atoms with E-state index >= 15 is 0 Å². The maximum Gasteiger partial charge on any atom is 0.130 e. The van der Waals surface area contributed by atoms with Crippen LogP contribution in [0.25, 0.3) is 5.69 Å². The molecular formula is C13H15FN2O. The van der Waals surface area contributed by atoms with Gasteiger partial charge in [0.1, 0.15) is 5.82 Å². The lowest BCUT2D eigenvalue weighted by atomic mass is 10.1. The predicted octanol–water partition coefficient (Wildman–Crippen LogP) is 2.63. The molecule has 0 bridgehead atoms. The first-order valence-electron chi connectivity index (χ1n) is 5.57. The molecule has 0 spiro atoms. The van der Waals surface area contributed by atoms with Gasteiger partial charge in [-0.25, -0.2) is 9.07 Å². The molecule has 0 amide bonds. The Morgan fingerprint density at radius 3 is 2.71 bits per heavy atom. The van der Waals surface area contributed by atoms with Gasteiger partial charge in [-0.15, -0.1) is 0 Å². The molecular weight excluding hydrogens is 219 g/mol. The molecule has 3 nitrogen and oxygen atoms in total. The maximum atomic E-state index is 13.5. The number of aliphatic hydroxyl groups excluding tert-OH is 1. The van der Waals surface area contributed by atoms with Crippen molar-refractivity contribution >= 4 is 0 Å². The smallest absolute Gasteiger partial charge is 0.130 e. The summed E-state index contributed by atoms with van der Waals surface area (Å²) >= 11 is 0. The number of hydrogen-bond donors (Lipinski definition) is 1. The van der Waals surface area contributed by atoms with Gasteiger partial charge < -0.3 is 5.11 Å². The zero-order valence-electron chi connectivity index (χ0n) is 9.89. The van der Waals surface area contributed by atoms with Gasteiger partial charge in [-0.05, 0) is 24.1 Å². The fourth-order valence-corrected chi connectivity index (χ4v) is 1.70. The van der Waals surface area contributed by atoms with Gasteiger partial charge in [0, 0.05) is 11.8 Å². The molecule has 1 heterocycles. The normalized spacial score (nSPS) is 11.1. The molecule has 0 unspecified atom stereocenters. The minimum absolute atomic E-state index is 0.269. The summed E-state index contributed by atoms with van der Waals surface area (Å²) < 4.78 is 15.1. The molecule has 1 N–H and O–H groups in total. The van der Waals surface area contributed by atoms with Crippen molar-refractivity contribution in [1.82, 2.24) is 9.78 Å². The van der Waals surface area contributed by atoms with Crippen molar-refractivity contribution < 1.29 is 9.50 Å². The average molecular weight is 234 g/mol. The number of aliphatic hydroxyl groups is 1. The third kappa shape index (κ3) is 2.22. The highest BCUT2D eigenvalue weighted by Crippen LogP contribution is 2.19. The molecule has 4 heteroatoms. The second-order valence-electron chi connectivity index (χ2n) is 4.24. The van der Waals surface area contributed by atoms with Crippen LogP contribution in [-0.2, 0) is 6.61 Å². The Morgan fingerprint density at radius 1 is 1.35 bits per heavy atom. The third-order valence-corrected chi connectivity index (χ3v) is 2.70. The second kappa shape index (κ2) is 4.67. The Kier molecular flexibility index (Phi) is 3.24. The number of benzene rings is 1. The SMILES string of the molecule is CC(C)c1ccn(-c2cccc(F)c2CO)n1. The predicted molar refractivity (Wildman–Crippen MR) is 63.5 cm³/mol. The Hall–Kier alpha value is -1.68. The molecule has 1 aromatic carbocycles. The summed E-state index contributed by atoms with van der Waals surface area (Å²) in [6.45, 7) is 3.76. The van der Waals surface area contributed by atoms with Gasteiger partial charge in [0.15, 0.2) is 0 Å². The zero-order valence-corrected chi connectivity index (χ0v) is 9.89. The first kappa shape index (κ1) is 11.8. The van der Waals surface area contributed by atoms with E-state index in [1.807, 2.05) is 19.9 Å². The highest BCUT2D eigenvalue weighted by molar-refractivity contribution is 5.41. The summed E-state index contributed by atoms with van der Waals surface area (Å²) in [6, 6.07) is 6.59.